The molecule has 0 bridgehead atoms. The summed E-state index contributed by atoms with van der Waals surface area (Å²) in [5.74, 6) is -1.94. The second-order valence-electron chi connectivity index (χ2n) is 14.6. The minimum atomic E-state index is -0.590. The number of amides is 2. The minimum Gasteiger partial charge on any atom is -0.381 e. The summed E-state index contributed by atoms with van der Waals surface area (Å²) < 4.78 is 22.6. The van der Waals surface area contributed by atoms with Gasteiger partial charge in [0.2, 0.25) is 11.8 Å². The molecule has 0 spiro atoms. The third-order valence-corrected chi connectivity index (χ3v) is 10.8. The van der Waals surface area contributed by atoms with Gasteiger partial charge < -0.3 is 26.0 Å². The molecule has 2 aliphatic rings. The molecule has 4 N–H and O–H groups in total. The van der Waals surface area contributed by atoms with Crippen LogP contribution in [-0.2, 0) is 46.9 Å². The number of halogens is 1. The van der Waals surface area contributed by atoms with Crippen molar-refractivity contribution in [1.82, 2.24) is 35.6 Å². The number of nitrogens with zero attached hydrogens (tertiary/aromatic N) is 4. The van der Waals surface area contributed by atoms with E-state index in [-0.39, 0.29) is 36.8 Å². The summed E-state index contributed by atoms with van der Waals surface area (Å²) in [5.41, 5.74) is 6.85. The summed E-state index contributed by atoms with van der Waals surface area (Å²) >= 11 is 0. The maximum atomic E-state index is 15.1. The van der Waals surface area contributed by atoms with E-state index in [9.17, 15) is 9.59 Å². The van der Waals surface area contributed by atoms with Gasteiger partial charge in [-0.2, -0.15) is 5.10 Å². The Morgan fingerprint density at radius 2 is 1.77 bits per heavy atom. The van der Waals surface area contributed by atoms with Crippen molar-refractivity contribution in [2.24, 2.45) is 11.8 Å². The zero-order valence-corrected chi connectivity index (χ0v) is 31.8. The lowest BCUT2D eigenvalue weighted by Gasteiger charge is -2.31. The number of rotatable bonds is 14. The van der Waals surface area contributed by atoms with Crippen molar-refractivity contribution in [3.05, 3.63) is 76.9 Å². The highest BCUT2D eigenvalue weighted by Crippen LogP contribution is 2.32. The average molecular weight is 727 g/mol. The topological polar surface area (TPSA) is 125 Å². The number of piperazine rings is 1. The van der Waals surface area contributed by atoms with Crippen molar-refractivity contribution in [3.63, 3.8) is 0 Å². The summed E-state index contributed by atoms with van der Waals surface area (Å²) in [6, 6.07) is 13.7. The molecule has 0 saturated carbocycles. The molecule has 53 heavy (non-hydrogen) atoms. The van der Waals surface area contributed by atoms with Crippen LogP contribution in [0.15, 0.2) is 48.7 Å². The predicted octanol–water partition coefficient (Wildman–Crippen LogP) is 5.41. The minimum absolute atomic E-state index is 0.213. The van der Waals surface area contributed by atoms with Crippen molar-refractivity contribution in [2.75, 3.05) is 38.2 Å². The highest BCUT2D eigenvalue weighted by Gasteiger charge is 2.28. The zero-order valence-electron chi connectivity index (χ0n) is 31.8. The molecule has 2 aliphatic heterocycles. The number of pyridine rings is 1. The van der Waals surface area contributed by atoms with E-state index >= 15 is 4.39 Å². The number of nitrogens with one attached hydrogen (secondary N) is 4. The van der Waals surface area contributed by atoms with Crippen molar-refractivity contribution in [3.8, 4) is 11.1 Å². The Morgan fingerprint density at radius 1 is 1.02 bits per heavy atom. The fraction of sp³-hybridized carbons (Fsp3) is 0.512. The summed E-state index contributed by atoms with van der Waals surface area (Å²) in [7, 11) is 0. The van der Waals surface area contributed by atoms with Gasteiger partial charge in [0.15, 0.2) is 5.65 Å². The molecule has 2 amide bonds. The third-order valence-electron chi connectivity index (χ3n) is 10.8. The van der Waals surface area contributed by atoms with E-state index < -0.39 is 11.8 Å². The smallest absolute Gasteiger partial charge is 0.223 e. The SMILES string of the molecule is CCc1nc2c(cnn2CC)c(NC2CCOCC2)c1CNC(=O)C(C)C(C)C(=O)NCc1ccc(F)c(-c2cccc(CN3CCN[C@@H](C)C3)c2)c1. The zero-order chi connectivity index (χ0) is 37.5. The molecule has 2 saturated heterocycles. The van der Waals surface area contributed by atoms with Crippen molar-refractivity contribution in [2.45, 2.75) is 92.1 Å². The molecule has 11 nitrogen and oxygen atoms in total. The van der Waals surface area contributed by atoms with E-state index in [0.717, 1.165) is 83.7 Å². The van der Waals surface area contributed by atoms with Crippen LogP contribution in [-0.4, -0.2) is 76.4 Å². The Kier molecular flexibility index (Phi) is 12.7. The van der Waals surface area contributed by atoms with Crippen molar-refractivity contribution >= 4 is 28.5 Å². The van der Waals surface area contributed by atoms with Gasteiger partial charge in [0.25, 0.3) is 0 Å². The van der Waals surface area contributed by atoms with E-state index in [1.165, 1.54) is 6.07 Å². The Balaban J connectivity index is 1.09. The van der Waals surface area contributed by atoms with Crippen LogP contribution in [0.25, 0.3) is 22.2 Å². The predicted molar refractivity (Wildman–Crippen MR) is 207 cm³/mol. The lowest BCUT2D eigenvalue weighted by Crippen LogP contribution is -2.48. The maximum absolute atomic E-state index is 15.1. The lowest BCUT2D eigenvalue weighted by molar-refractivity contribution is -0.133. The largest absolute Gasteiger partial charge is 0.381 e. The Bertz CT molecular complexity index is 1890. The molecule has 2 aromatic carbocycles. The van der Waals surface area contributed by atoms with Gasteiger partial charge >= 0.3 is 0 Å². The molecule has 2 aromatic heterocycles. The molecule has 12 heteroatoms. The normalized spacial score (nSPS) is 18.1. The number of carbonyl (C=O) groups is 2. The number of anilines is 1. The van der Waals surface area contributed by atoms with E-state index in [1.807, 2.05) is 29.9 Å². The van der Waals surface area contributed by atoms with Crippen LogP contribution < -0.4 is 21.3 Å². The van der Waals surface area contributed by atoms with Gasteiger partial charge in [0.1, 0.15) is 5.82 Å². The molecule has 4 aromatic rings. The molecule has 6 rings (SSSR count). The summed E-state index contributed by atoms with van der Waals surface area (Å²) in [6.45, 7) is 16.2. The quantitative estimate of drug-likeness (QED) is 0.136. The molecule has 4 heterocycles. The van der Waals surface area contributed by atoms with Crippen LogP contribution in [0.1, 0.15) is 69.8 Å². The van der Waals surface area contributed by atoms with Gasteiger partial charge in [-0.3, -0.25) is 14.5 Å². The average Bonchev–Trinajstić information content (AvgIpc) is 3.59. The summed E-state index contributed by atoms with van der Waals surface area (Å²) in [6.07, 6.45) is 4.33. The standard InChI is InChI=1S/C41H55FN8O3/c1-6-37-34(38(47-32-13-17-53-18-14-32)35-23-46-50(7-2)39(35)48-37)22-45-41(52)28(5)27(4)40(51)44-21-29-11-12-36(42)33(20-29)31-10-8-9-30(19-31)25-49-16-15-43-26(3)24-49/h8-12,19-20,23,26-28,32,43H,6-7,13-18,21-22,24-25H2,1-5H3,(H,44,51)(H,45,52)(H,47,48)/t26-,27?,28?/m0/s1. The van der Waals surface area contributed by atoms with E-state index in [0.29, 0.717) is 37.8 Å². The molecule has 3 atom stereocenters. The first-order chi connectivity index (χ1) is 25.6. The summed E-state index contributed by atoms with van der Waals surface area (Å²) in [4.78, 5) is 34.3. The van der Waals surface area contributed by atoms with Gasteiger partial charge in [-0.1, -0.05) is 45.0 Å². The Hall–Kier alpha value is -4.39. The first-order valence-corrected chi connectivity index (χ1v) is 19.3. The second-order valence-corrected chi connectivity index (χ2v) is 14.6. The number of hydrogen-bond donors (Lipinski definition) is 4. The number of aromatic nitrogens is 3. The van der Waals surface area contributed by atoms with Crippen LogP contribution in [0.5, 0.6) is 0 Å². The molecule has 0 aliphatic carbocycles. The van der Waals surface area contributed by atoms with Crippen LogP contribution in [0.4, 0.5) is 10.1 Å². The number of ether oxygens (including phenoxy) is 1. The van der Waals surface area contributed by atoms with Crippen LogP contribution in [0, 0.1) is 17.7 Å². The number of benzene rings is 2. The lowest BCUT2D eigenvalue weighted by atomic mass is 9.93. The Labute approximate surface area is 312 Å². The molecular weight excluding hydrogens is 672 g/mol. The Morgan fingerprint density at radius 3 is 2.49 bits per heavy atom. The number of carbonyl (C=O) groups excluding carboxylic acids is 2. The molecule has 0 radical (unpaired) electrons. The molecule has 284 valence electrons. The fourth-order valence-electron chi connectivity index (χ4n) is 7.40. The van der Waals surface area contributed by atoms with Crippen molar-refractivity contribution < 1.29 is 18.7 Å². The van der Waals surface area contributed by atoms with Crippen LogP contribution in [0.3, 0.4) is 0 Å². The molecule has 2 unspecified atom stereocenters. The first kappa shape index (κ1) is 38.3. The van der Waals surface area contributed by atoms with E-state index in [2.05, 4.69) is 57.2 Å². The molecular formula is C41H55FN8O3. The van der Waals surface area contributed by atoms with Gasteiger partial charge in [-0.05, 0) is 68.0 Å². The van der Waals surface area contributed by atoms with Crippen LogP contribution in [0.2, 0.25) is 0 Å². The van der Waals surface area contributed by atoms with Gasteiger partial charge in [-0.15, -0.1) is 0 Å². The van der Waals surface area contributed by atoms with Gasteiger partial charge in [0.05, 0.1) is 17.3 Å². The van der Waals surface area contributed by atoms with E-state index in [4.69, 9.17) is 9.72 Å². The number of hydrogen-bond acceptors (Lipinski definition) is 8. The second kappa shape index (κ2) is 17.6. The van der Waals surface area contributed by atoms with E-state index in [1.54, 1.807) is 26.0 Å². The fourth-order valence-corrected chi connectivity index (χ4v) is 7.40. The summed E-state index contributed by atoms with van der Waals surface area (Å²) in [5, 5.41) is 18.8. The number of fused-ring (bicyclic) bond motifs is 1. The van der Waals surface area contributed by atoms with Gasteiger partial charge in [0, 0.05) is 99.8 Å². The van der Waals surface area contributed by atoms with Crippen LogP contribution >= 0.6 is 0 Å². The monoisotopic (exact) mass is 726 g/mol. The van der Waals surface area contributed by atoms with Gasteiger partial charge in [-0.25, -0.2) is 14.1 Å². The third kappa shape index (κ3) is 9.23. The van der Waals surface area contributed by atoms with Crippen molar-refractivity contribution in [1.29, 1.82) is 0 Å². The number of aryl methyl sites for hydroxylation is 2. The molecule has 2 fully saturated rings. The highest BCUT2D eigenvalue weighted by atomic mass is 19.1. The highest BCUT2D eigenvalue weighted by molar-refractivity contribution is 5.92. The maximum Gasteiger partial charge on any atom is 0.223 e. The first-order valence-electron chi connectivity index (χ1n) is 19.3.